The van der Waals surface area contributed by atoms with Gasteiger partial charge in [-0.05, 0) is 31.2 Å². The molecule has 0 radical (unpaired) electrons. The van der Waals surface area contributed by atoms with E-state index in [2.05, 4.69) is 25.6 Å². The van der Waals surface area contributed by atoms with Crippen molar-refractivity contribution in [3.63, 3.8) is 0 Å². The van der Waals surface area contributed by atoms with Crippen LogP contribution in [0.25, 0.3) is 0 Å². The van der Waals surface area contributed by atoms with E-state index >= 15 is 0 Å². The van der Waals surface area contributed by atoms with E-state index in [1.807, 2.05) is 6.92 Å². The molecule has 150 valence electrons. The van der Waals surface area contributed by atoms with Crippen LogP contribution in [0.1, 0.15) is 22.8 Å². The van der Waals surface area contributed by atoms with Gasteiger partial charge in [-0.15, -0.1) is 0 Å². The molecule has 3 aromatic heterocycles. The van der Waals surface area contributed by atoms with Crippen molar-refractivity contribution in [3.05, 3.63) is 66.2 Å². The van der Waals surface area contributed by atoms with Gasteiger partial charge < -0.3 is 15.4 Å². The first-order chi connectivity index (χ1) is 13.9. The summed E-state index contributed by atoms with van der Waals surface area (Å²) in [5.41, 5.74) is -0.165. The number of ether oxygens (including phenoxy) is 1. The topological polar surface area (TPSA) is 89.0 Å². The molecule has 0 aliphatic carbocycles. The van der Waals surface area contributed by atoms with Gasteiger partial charge in [-0.1, -0.05) is 0 Å². The minimum atomic E-state index is -4.46. The van der Waals surface area contributed by atoms with E-state index in [-0.39, 0.29) is 17.2 Å². The van der Waals surface area contributed by atoms with E-state index in [9.17, 15) is 18.0 Å². The number of carbonyl (C=O) groups is 1. The fourth-order valence-electron chi connectivity index (χ4n) is 2.36. The molecule has 0 bridgehead atoms. The molecule has 0 atom stereocenters. The Morgan fingerprint density at radius 3 is 2.59 bits per heavy atom. The Bertz CT molecular complexity index is 994. The minimum absolute atomic E-state index is 0.161. The summed E-state index contributed by atoms with van der Waals surface area (Å²) in [4.78, 5) is 24.3. The number of halogens is 3. The number of hydrogen-bond acceptors (Lipinski definition) is 6. The Hall–Kier alpha value is -3.69. The van der Waals surface area contributed by atoms with Crippen LogP contribution in [-0.4, -0.2) is 27.5 Å². The van der Waals surface area contributed by atoms with E-state index in [0.29, 0.717) is 18.0 Å². The van der Waals surface area contributed by atoms with E-state index in [1.54, 1.807) is 12.3 Å². The number of anilines is 3. The number of nitrogens with zero attached hydrogens (tertiary/aromatic N) is 3. The molecule has 29 heavy (non-hydrogen) atoms. The second kappa shape index (κ2) is 8.55. The number of rotatable bonds is 6. The molecule has 0 saturated heterocycles. The van der Waals surface area contributed by atoms with Gasteiger partial charge in [-0.2, -0.15) is 13.2 Å². The summed E-state index contributed by atoms with van der Waals surface area (Å²) in [7, 11) is 0. The second-order valence-corrected chi connectivity index (χ2v) is 5.74. The van der Waals surface area contributed by atoms with Crippen LogP contribution in [0, 0.1) is 0 Å². The number of amides is 1. The van der Waals surface area contributed by atoms with Gasteiger partial charge in [0.1, 0.15) is 23.1 Å². The lowest BCUT2D eigenvalue weighted by Crippen LogP contribution is -2.13. The Balaban J connectivity index is 1.73. The van der Waals surface area contributed by atoms with Crippen molar-refractivity contribution < 1.29 is 22.7 Å². The lowest BCUT2D eigenvalue weighted by Gasteiger charge is -2.11. The average molecular weight is 403 g/mol. The molecule has 3 heterocycles. The molecule has 1 amide bonds. The van der Waals surface area contributed by atoms with Crippen LogP contribution in [0.3, 0.4) is 0 Å². The summed E-state index contributed by atoms with van der Waals surface area (Å²) in [6, 6.07) is 6.67. The van der Waals surface area contributed by atoms with E-state index < -0.39 is 17.6 Å². The number of nitrogens with one attached hydrogen (secondary N) is 2. The Kier molecular flexibility index (Phi) is 5.91. The normalized spacial score (nSPS) is 11.0. The van der Waals surface area contributed by atoms with Gasteiger partial charge in [0.25, 0.3) is 5.91 Å². The van der Waals surface area contributed by atoms with Crippen molar-refractivity contribution in [1.29, 1.82) is 0 Å². The first kappa shape index (κ1) is 20.1. The van der Waals surface area contributed by atoms with Gasteiger partial charge in [0.2, 0.25) is 0 Å². The SMILES string of the molecule is CCOc1ccncc1NC(=O)c1ccnc(Nc2ccc(C(F)(F)F)cn2)c1. The Morgan fingerprint density at radius 1 is 1.07 bits per heavy atom. The maximum Gasteiger partial charge on any atom is 0.417 e. The Morgan fingerprint density at radius 2 is 1.90 bits per heavy atom. The number of carbonyl (C=O) groups excluding carboxylic acids is 1. The molecule has 0 saturated carbocycles. The highest BCUT2D eigenvalue weighted by Gasteiger charge is 2.30. The quantitative estimate of drug-likeness (QED) is 0.639. The van der Waals surface area contributed by atoms with Crippen LogP contribution >= 0.6 is 0 Å². The summed E-state index contributed by atoms with van der Waals surface area (Å²) in [5.74, 6) is 0.470. The minimum Gasteiger partial charge on any atom is -0.492 e. The fraction of sp³-hybridized carbons (Fsp3) is 0.158. The van der Waals surface area contributed by atoms with Gasteiger partial charge >= 0.3 is 6.18 Å². The van der Waals surface area contributed by atoms with Crippen molar-refractivity contribution in [2.75, 3.05) is 17.2 Å². The van der Waals surface area contributed by atoms with Crippen LogP contribution in [-0.2, 0) is 6.18 Å². The van der Waals surface area contributed by atoms with Gasteiger partial charge in [0.05, 0.1) is 18.4 Å². The molecule has 10 heteroatoms. The first-order valence-corrected chi connectivity index (χ1v) is 8.51. The van der Waals surface area contributed by atoms with E-state index in [4.69, 9.17) is 4.74 Å². The monoisotopic (exact) mass is 403 g/mol. The number of pyridine rings is 3. The highest BCUT2D eigenvalue weighted by atomic mass is 19.4. The van der Waals surface area contributed by atoms with Crippen molar-refractivity contribution in [2.24, 2.45) is 0 Å². The third-order valence-corrected chi connectivity index (χ3v) is 3.70. The third kappa shape index (κ3) is 5.18. The smallest absolute Gasteiger partial charge is 0.417 e. The predicted molar refractivity (Wildman–Crippen MR) is 100 cm³/mol. The summed E-state index contributed by atoms with van der Waals surface area (Å²) < 4.78 is 43.3. The summed E-state index contributed by atoms with van der Waals surface area (Å²) in [5, 5.41) is 5.47. The number of hydrogen-bond donors (Lipinski definition) is 2. The molecule has 0 aliphatic rings. The maximum atomic E-state index is 12.6. The summed E-state index contributed by atoms with van der Waals surface area (Å²) >= 11 is 0. The molecular weight excluding hydrogens is 387 g/mol. The van der Waals surface area contributed by atoms with Crippen molar-refractivity contribution in [3.8, 4) is 5.75 Å². The second-order valence-electron chi connectivity index (χ2n) is 5.74. The summed E-state index contributed by atoms with van der Waals surface area (Å²) in [6.45, 7) is 2.25. The fourth-order valence-corrected chi connectivity index (χ4v) is 2.36. The molecular formula is C19H16F3N5O2. The van der Waals surface area contributed by atoms with E-state index in [1.165, 1.54) is 30.6 Å². The molecule has 3 rings (SSSR count). The molecule has 0 aliphatic heterocycles. The lowest BCUT2D eigenvalue weighted by atomic mass is 10.2. The molecule has 7 nitrogen and oxygen atoms in total. The molecule has 2 N–H and O–H groups in total. The molecule has 0 spiro atoms. The average Bonchev–Trinajstić information content (AvgIpc) is 2.69. The van der Waals surface area contributed by atoms with Crippen LogP contribution < -0.4 is 15.4 Å². The summed E-state index contributed by atoms with van der Waals surface area (Å²) in [6.07, 6.45) is 0.667. The highest BCUT2D eigenvalue weighted by molar-refractivity contribution is 6.05. The maximum absolute atomic E-state index is 12.6. The molecule has 0 fully saturated rings. The van der Waals surface area contributed by atoms with E-state index in [0.717, 1.165) is 12.3 Å². The largest absolute Gasteiger partial charge is 0.492 e. The number of aromatic nitrogens is 3. The zero-order valence-corrected chi connectivity index (χ0v) is 15.2. The molecule has 0 unspecified atom stereocenters. The van der Waals surface area contributed by atoms with Crippen LogP contribution in [0.15, 0.2) is 55.1 Å². The van der Waals surface area contributed by atoms with Gasteiger partial charge in [-0.3, -0.25) is 9.78 Å². The highest BCUT2D eigenvalue weighted by Crippen LogP contribution is 2.29. The third-order valence-electron chi connectivity index (χ3n) is 3.70. The lowest BCUT2D eigenvalue weighted by molar-refractivity contribution is -0.137. The van der Waals surface area contributed by atoms with Crippen LogP contribution in [0.2, 0.25) is 0 Å². The first-order valence-electron chi connectivity index (χ1n) is 8.51. The van der Waals surface area contributed by atoms with Gasteiger partial charge in [0, 0.05) is 30.2 Å². The van der Waals surface area contributed by atoms with Crippen molar-refractivity contribution in [2.45, 2.75) is 13.1 Å². The standard InChI is InChI=1S/C19H16F3N5O2/c1-2-29-15-6-7-23-11-14(15)26-18(28)12-5-8-24-17(9-12)27-16-4-3-13(10-25-16)19(20,21)22/h3-11H,2H2,1H3,(H,26,28)(H,24,25,27). The molecule has 0 aromatic carbocycles. The van der Waals surface area contributed by atoms with Crippen molar-refractivity contribution in [1.82, 2.24) is 15.0 Å². The van der Waals surface area contributed by atoms with Crippen molar-refractivity contribution >= 4 is 23.2 Å². The van der Waals surface area contributed by atoms with Gasteiger partial charge in [-0.25, -0.2) is 9.97 Å². The number of alkyl halides is 3. The Labute approximate surface area is 164 Å². The predicted octanol–water partition coefficient (Wildman–Crippen LogP) is 4.29. The van der Waals surface area contributed by atoms with Crippen LogP contribution in [0.5, 0.6) is 5.75 Å². The molecule has 3 aromatic rings. The van der Waals surface area contributed by atoms with Crippen LogP contribution in [0.4, 0.5) is 30.5 Å². The zero-order chi connectivity index (χ0) is 20.9. The zero-order valence-electron chi connectivity index (χ0n) is 15.2. The van der Waals surface area contributed by atoms with Gasteiger partial charge in [0.15, 0.2) is 0 Å².